The van der Waals surface area contributed by atoms with Gasteiger partial charge < -0.3 is 9.47 Å². The Balaban J connectivity index is 1.94. The quantitative estimate of drug-likeness (QED) is 0.763. The molecule has 1 amide bonds. The molecule has 1 heterocycles. The maximum atomic E-state index is 13.8. The molecule has 0 spiro atoms. The minimum absolute atomic E-state index is 0.0136. The van der Waals surface area contributed by atoms with Crippen LogP contribution in [0.3, 0.4) is 0 Å². The molecule has 0 saturated carbocycles. The largest absolute Gasteiger partial charge is 0.496 e. The number of benzene rings is 2. The first-order valence-electron chi connectivity index (χ1n) is 6.69. The Bertz CT molecular complexity index is 845. The van der Waals surface area contributed by atoms with Crippen LogP contribution >= 0.6 is 15.9 Å². The van der Waals surface area contributed by atoms with Crippen molar-refractivity contribution in [2.75, 3.05) is 7.11 Å². The SMILES string of the molecule is COc1ccc(Br)cc1C=C1OC(c2ccccc2F)=NC1=O. The summed E-state index contributed by atoms with van der Waals surface area (Å²) in [5.41, 5.74) is 0.792. The van der Waals surface area contributed by atoms with Gasteiger partial charge in [-0.3, -0.25) is 4.79 Å². The zero-order chi connectivity index (χ0) is 16.4. The number of nitrogens with zero attached hydrogens (tertiary/aromatic N) is 1. The number of carbonyl (C=O) groups is 1. The third-order valence-electron chi connectivity index (χ3n) is 3.20. The molecule has 0 atom stereocenters. The molecule has 4 nitrogen and oxygen atoms in total. The van der Waals surface area contributed by atoms with Gasteiger partial charge in [0, 0.05) is 10.0 Å². The molecule has 0 N–H and O–H groups in total. The van der Waals surface area contributed by atoms with Gasteiger partial charge >= 0.3 is 5.91 Å². The monoisotopic (exact) mass is 375 g/mol. The lowest BCUT2D eigenvalue weighted by Crippen LogP contribution is -2.03. The van der Waals surface area contributed by atoms with Gasteiger partial charge in [-0.05, 0) is 36.4 Å². The third-order valence-corrected chi connectivity index (χ3v) is 3.70. The van der Waals surface area contributed by atoms with Gasteiger partial charge in [0.1, 0.15) is 11.6 Å². The van der Waals surface area contributed by atoms with E-state index < -0.39 is 11.7 Å². The Morgan fingerprint density at radius 1 is 1.26 bits per heavy atom. The standard InChI is InChI=1S/C17H11BrFNO3/c1-22-14-7-6-11(18)8-10(14)9-15-16(21)20-17(23-15)12-4-2-3-5-13(12)19/h2-9H,1H3. The smallest absolute Gasteiger partial charge is 0.316 e. The highest BCUT2D eigenvalue weighted by atomic mass is 79.9. The van der Waals surface area contributed by atoms with E-state index >= 15 is 0 Å². The van der Waals surface area contributed by atoms with E-state index in [9.17, 15) is 9.18 Å². The Morgan fingerprint density at radius 3 is 2.78 bits per heavy atom. The summed E-state index contributed by atoms with van der Waals surface area (Å²) in [6.07, 6.45) is 1.52. The molecule has 0 unspecified atom stereocenters. The van der Waals surface area contributed by atoms with Gasteiger partial charge in [0.25, 0.3) is 0 Å². The third kappa shape index (κ3) is 3.17. The van der Waals surface area contributed by atoms with E-state index in [4.69, 9.17) is 9.47 Å². The van der Waals surface area contributed by atoms with E-state index in [2.05, 4.69) is 20.9 Å². The van der Waals surface area contributed by atoms with Crippen molar-refractivity contribution >= 4 is 33.8 Å². The molecular formula is C17H11BrFNO3. The topological polar surface area (TPSA) is 47.9 Å². The van der Waals surface area contributed by atoms with Crippen molar-refractivity contribution < 1.29 is 18.7 Å². The molecule has 0 aromatic heterocycles. The number of methoxy groups -OCH3 is 1. The summed E-state index contributed by atoms with van der Waals surface area (Å²) in [4.78, 5) is 15.8. The van der Waals surface area contributed by atoms with Gasteiger partial charge in [0.05, 0.1) is 12.7 Å². The summed E-state index contributed by atoms with van der Waals surface area (Å²) in [5, 5.41) is 0. The fraction of sp³-hybridized carbons (Fsp3) is 0.0588. The van der Waals surface area contributed by atoms with Crippen LogP contribution in [0.5, 0.6) is 5.75 Å². The number of ether oxygens (including phenoxy) is 2. The van der Waals surface area contributed by atoms with Crippen molar-refractivity contribution in [2.45, 2.75) is 0 Å². The summed E-state index contributed by atoms with van der Waals surface area (Å²) in [7, 11) is 1.53. The predicted octanol–water partition coefficient (Wildman–Crippen LogP) is 3.94. The molecule has 1 aliphatic rings. The maximum absolute atomic E-state index is 13.8. The van der Waals surface area contributed by atoms with Crippen molar-refractivity contribution in [2.24, 2.45) is 4.99 Å². The van der Waals surface area contributed by atoms with E-state index in [1.54, 1.807) is 24.3 Å². The Kier molecular flexibility index (Phi) is 4.25. The second kappa shape index (κ2) is 6.34. The van der Waals surface area contributed by atoms with Crippen LogP contribution < -0.4 is 4.74 Å². The normalized spacial score (nSPS) is 15.5. The van der Waals surface area contributed by atoms with E-state index in [0.29, 0.717) is 11.3 Å². The lowest BCUT2D eigenvalue weighted by Gasteiger charge is -2.06. The zero-order valence-electron chi connectivity index (χ0n) is 12.0. The molecule has 1 aliphatic heterocycles. The molecule has 116 valence electrons. The lowest BCUT2D eigenvalue weighted by molar-refractivity contribution is -0.115. The number of hydrogen-bond donors (Lipinski definition) is 0. The van der Waals surface area contributed by atoms with Gasteiger partial charge in [-0.1, -0.05) is 28.1 Å². The Hall–Kier alpha value is -2.47. The van der Waals surface area contributed by atoms with E-state index in [0.717, 1.165) is 4.47 Å². The number of aliphatic imine (C=N–C) groups is 1. The first-order valence-corrected chi connectivity index (χ1v) is 7.49. The van der Waals surface area contributed by atoms with Crippen LogP contribution in [-0.4, -0.2) is 18.9 Å². The van der Waals surface area contributed by atoms with Gasteiger partial charge in [-0.2, -0.15) is 4.99 Å². The fourth-order valence-electron chi connectivity index (χ4n) is 2.12. The van der Waals surface area contributed by atoms with Crippen LogP contribution in [0.25, 0.3) is 6.08 Å². The molecule has 0 radical (unpaired) electrons. The Labute approximate surface area is 140 Å². The minimum atomic E-state index is -0.565. The average molecular weight is 376 g/mol. The minimum Gasteiger partial charge on any atom is -0.496 e. The highest BCUT2D eigenvalue weighted by Gasteiger charge is 2.26. The number of rotatable bonds is 3. The number of halogens is 2. The highest BCUT2D eigenvalue weighted by Crippen LogP contribution is 2.27. The summed E-state index contributed by atoms with van der Waals surface area (Å²) in [5.74, 6) is -0.518. The van der Waals surface area contributed by atoms with Crippen molar-refractivity contribution in [3.8, 4) is 5.75 Å². The average Bonchev–Trinajstić information content (AvgIpc) is 2.89. The van der Waals surface area contributed by atoms with Gasteiger partial charge in [0.2, 0.25) is 5.90 Å². The van der Waals surface area contributed by atoms with Crippen LogP contribution in [-0.2, 0) is 9.53 Å². The Morgan fingerprint density at radius 2 is 2.04 bits per heavy atom. The second-order valence-corrected chi connectivity index (χ2v) is 5.61. The van der Waals surface area contributed by atoms with Gasteiger partial charge in [0.15, 0.2) is 5.76 Å². The number of hydrogen-bond acceptors (Lipinski definition) is 3. The molecular weight excluding hydrogens is 365 g/mol. The zero-order valence-corrected chi connectivity index (χ0v) is 13.6. The molecule has 23 heavy (non-hydrogen) atoms. The molecule has 2 aromatic rings. The number of carbonyl (C=O) groups excluding carboxylic acids is 1. The van der Waals surface area contributed by atoms with Crippen LogP contribution in [0, 0.1) is 5.82 Å². The highest BCUT2D eigenvalue weighted by molar-refractivity contribution is 9.10. The van der Waals surface area contributed by atoms with Crippen LogP contribution in [0.4, 0.5) is 4.39 Å². The van der Waals surface area contributed by atoms with Gasteiger partial charge in [-0.25, -0.2) is 4.39 Å². The summed E-state index contributed by atoms with van der Waals surface area (Å²) in [6, 6.07) is 11.3. The summed E-state index contributed by atoms with van der Waals surface area (Å²) in [6.45, 7) is 0. The van der Waals surface area contributed by atoms with E-state index in [1.807, 2.05) is 6.07 Å². The van der Waals surface area contributed by atoms with Crippen LogP contribution in [0.15, 0.2) is 57.7 Å². The fourth-order valence-corrected chi connectivity index (χ4v) is 2.50. The second-order valence-electron chi connectivity index (χ2n) is 4.70. The summed E-state index contributed by atoms with van der Waals surface area (Å²) < 4.78 is 25.3. The molecule has 0 saturated heterocycles. The van der Waals surface area contributed by atoms with Crippen LogP contribution in [0.2, 0.25) is 0 Å². The molecule has 0 bridgehead atoms. The van der Waals surface area contributed by atoms with Crippen molar-refractivity contribution in [3.05, 3.63) is 69.6 Å². The van der Waals surface area contributed by atoms with Crippen molar-refractivity contribution in [1.29, 1.82) is 0 Å². The van der Waals surface area contributed by atoms with Crippen molar-refractivity contribution in [1.82, 2.24) is 0 Å². The first-order chi connectivity index (χ1) is 11.1. The van der Waals surface area contributed by atoms with Gasteiger partial charge in [-0.15, -0.1) is 0 Å². The molecule has 6 heteroatoms. The molecule has 0 fully saturated rings. The van der Waals surface area contributed by atoms with E-state index in [-0.39, 0.29) is 17.2 Å². The summed E-state index contributed by atoms with van der Waals surface area (Å²) >= 11 is 3.36. The number of amides is 1. The molecule has 0 aliphatic carbocycles. The lowest BCUT2D eigenvalue weighted by atomic mass is 10.2. The predicted molar refractivity (Wildman–Crippen MR) is 87.7 cm³/mol. The van der Waals surface area contributed by atoms with Crippen molar-refractivity contribution in [3.63, 3.8) is 0 Å². The van der Waals surface area contributed by atoms with Crippen LogP contribution in [0.1, 0.15) is 11.1 Å². The molecule has 3 rings (SSSR count). The van der Waals surface area contributed by atoms with E-state index in [1.165, 1.54) is 25.3 Å². The maximum Gasteiger partial charge on any atom is 0.316 e. The first kappa shape index (κ1) is 15.4. The molecule has 2 aromatic carbocycles.